The van der Waals surface area contributed by atoms with E-state index in [1.165, 1.54) is 6.42 Å². The van der Waals surface area contributed by atoms with Crippen molar-refractivity contribution < 1.29 is 9.53 Å². The Morgan fingerprint density at radius 2 is 2.12 bits per heavy atom. The molecule has 0 aromatic heterocycles. The predicted octanol–water partition coefficient (Wildman–Crippen LogP) is 1.06. The quantitative estimate of drug-likeness (QED) is 0.755. The van der Waals surface area contributed by atoms with Gasteiger partial charge in [-0.3, -0.25) is 4.79 Å². The number of amides is 1. The van der Waals surface area contributed by atoms with Gasteiger partial charge in [0.1, 0.15) is 0 Å². The van der Waals surface area contributed by atoms with Crippen molar-refractivity contribution >= 4 is 5.91 Å². The first-order valence-electron chi connectivity index (χ1n) is 6.77. The average molecular weight is 240 g/mol. The first-order valence-corrected chi connectivity index (χ1v) is 6.77. The fraction of sp³-hybridized carbons (Fsp3) is 0.923. The van der Waals surface area contributed by atoms with Crippen LogP contribution in [0.5, 0.6) is 0 Å². The molecule has 0 unspecified atom stereocenters. The summed E-state index contributed by atoms with van der Waals surface area (Å²) in [6, 6.07) is 0.378. The normalized spacial score (nSPS) is 24.1. The van der Waals surface area contributed by atoms with E-state index in [1.54, 1.807) is 7.11 Å². The van der Waals surface area contributed by atoms with Crippen LogP contribution in [0.1, 0.15) is 38.5 Å². The standard InChI is InChI=1S/C13H24N2O2/c1-17-10-7-13(5-2-6-13)12(16)15-11-3-8-14-9-4-11/h11,14H,2-10H2,1H3,(H,15,16). The Kier molecular flexibility index (Phi) is 4.40. The van der Waals surface area contributed by atoms with Crippen LogP contribution < -0.4 is 10.6 Å². The highest BCUT2D eigenvalue weighted by molar-refractivity contribution is 5.83. The molecule has 4 heteroatoms. The van der Waals surface area contributed by atoms with Crippen LogP contribution in [0.2, 0.25) is 0 Å². The lowest BCUT2D eigenvalue weighted by Crippen LogP contribution is -2.51. The molecule has 2 fully saturated rings. The van der Waals surface area contributed by atoms with E-state index in [4.69, 9.17) is 4.74 Å². The summed E-state index contributed by atoms with van der Waals surface area (Å²) in [6.45, 7) is 2.74. The van der Waals surface area contributed by atoms with Crippen LogP contribution >= 0.6 is 0 Å². The molecule has 17 heavy (non-hydrogen) atoms. The largest absolute Gasteiger partial charge is 0.385 e. The summed E-state index contributed by atoms with van der Waals surface area (Å²) in [5, 5.41) is 6.55. The Morgan fingerprint density at radius 1 is 1.41 bits per heavy atom. The molecule has 0 atom stereocenters. The fourth-order valence-electron chi connectivity index (χ4n) is 2.80. The van der Waals surface area contributed by atoms with Gasteiger partial charge in [-0.05, 0) is 45.2 Å². The van der Waals surface area contributed by atoms with Crippen molar-refractivity contribution in [2.24, 2.45) is 5.41 Å². The number of methoxy groups -OCH3 is 1. The molecule has 2 N–H and O–H groups in total. The third-order valence-electron chi connectivity index (χ3n) is 4.25. The zero-order valence-corrected chi connectivity index (χ0v) is 10.8. The third-order valence-corrected chi connectivity index (χ3v) is 4.25. The van der Waals surface area contributed by atoms with Gasteiger partial charge in [0.05, 0.1) is 5.41 Å². The monoisotopic (exact) mass is 240 g/mol. The van der Waals surface area contributed by atoms with Gasteiger partial charge in [-0.25, -0.2) is 0 Å². The zero-order valence-electron chi connectivity index (χ0n) is 10.8. The molecular formula is C13H24N2O2. The molecule has 1 aliphatic carbocycles. The van der Waals surface area contributed by atoms with Gasteiger partial charge in [-0.2, -0.15) is 0 Å². The molecule has 4 nitrogen and oxygen atoms in total. The molecule has 2 rings (SSSR count). The summed E-state index contributed by atoms with van der Waals surface area (Å²) in [6.07, 6.45) is 6.25. The third kappa shape index (κ3) is 2.99. The van der Waals surface area contributed by atoms with Crippen LogP contribution in [0.15, 0.2) is 0 Å². The van der Waals surface area contributed by atoms with Gasteiger partial charge >= 0.3 is 0 Å². The van der Waals surface area contributed by atoms with E-state index in [2.05, 4.69) is 10.6 Å². The second-order valence-corrected chi connectivity index (χ2v) is 5.37. The van der Waals surface area contributed by atoms with Gasteiger partial charge in [0.2, 0.25) is 5.91 Å². The Hall–Kier alpha value is -0.610. The van der Waals surface area contributed by atoms with Crippen LogP contribution in [0.25, 0.3) is 0 Å². The predicted molar refractivity (Wildman–Crippen MR) is 66.8 cm³/mol. The van der Waals surface area contributed by atoms with Crippen molar-refractivity contribution in [3.63, 3.8) is 0 Å². The Bertz CT molecular complexity index is 258. The Morgan fingerprint density at radius 3 is 2.65 bits per heavy atom. The smallest absolute Gasteiger partial charge is 0.226 e. The molecule has 1 saturated carbocycles. The Balaban J connectivity index is 1.83. The number of rotatable bonds is 5. The number of hydrogen-bond acceptors (Lipinski definition) is 3. The zero-order chi connectivity index (χ0) is 12.1. The van der Waals surface area contributed by atoms with Gasteiger partial charge in [0, 0.05) is 19.8 Å². The first kappa shape index (κ1) is 12.8. The SMILES string of the molecule is COCCC1(C(=O)NC2CCNCC2)CCC1. The van der Waals surface area contributed by atoms with Crippen LogP contribution in [0, 0.1) is 5.41 Å². The number of carbonyl (C=O) groups is 1. The van der Waals surface area contributed by atoms with Gasteiger partial charge < -0.3 is 15.4 Å². The summed E-state index contributed by atoms with van der Waals surface area (Å²) < 4.78 is 5.12. The van der Waals surface area contributed by atoms with E-state index in [0.29, 0.717) is 12.6 Å². The van der Waals surface area contributed by atoms with E-state index >= 15 is 0 Å². The summed E-state index contributed by atoms with van der Waals surface area (Å²) in [4.78, 5) is 12.3. The number of hydrogen-bond donors (Lipinski definition) is 2. The molecule has 0 radical (unpaired) electrons. The average Bonchev–Trinajstić information content (AvgIpc) is 2.29. The number of carbonyl (C=O) groups excluding carboxylic acids is 1. The van der Waals surface area contributed by atoms with Crippen molar-refractivity contribution in [1.82, 2.24) is 10.6 Å². The summed E-state index contributed by atoms with van der Waals surface area (Å²) in [5.74, 6) is 0.271. The summed E-state index contributed by atoms with van der Waals surface area (Å²) >= 11 is 0. The molecule has 1 heterocycles. The maximum Gasteiger partial charge on any atom is 0.226 e. The molecule has 1 aliphatic heterocycles. The van der Waals surface area contributed by atoms with Gasteiger partial charge in [0.15, 0.2) is 0 Å². The lowest BCUT2D eigenvalue weighted by atomic mass is 9.66. The molecule has 98 valence electrons. The van der Waals surface area contributed by atoms with E-state index in [9.17, 15) is 4.79 Å². The molecule has 2 aliphatic rings. The molecule has 1 amide bonds. The van der Waals surface area contributed by atoms with E-state index in [1.807, 2.05) is 0 Å². The van der Waals surface area contributed by atoms with Crippen molar-refractivity contribution in [3.05, 3.63) is 0 Å². The van der Waals surface area contributed by atoms with E-state index in [0.717, 1.165) is 45.2 Å². The van der Waals surface area contributed by atoms with E-state index in [-0.39, 0.29) is 11.3 Å². The van der Waals surface area contributed by atoms with Gasteiger partial charge in [-0.15, -0.1) is 0 Å². The van der Waals surface area contributed by atoms with Crippen LogP contribution in [-0.2, 0) is 9.53 Å². The van der Waals surface area contributed by atoms with Crippen molar-refractivity contribution in [1.29, 1.82) is 0 Å². The lowest BCUT2D eigenvalue weighted by Gasteiger charge is -2.41. The van der Waals surface area contributed by atoms with Crippen molar-refractivity contribution in [2.75, 3.05) is 26.8 Å². The molecule has 0 bridgehead atoms. The summed E-state index contributed by atoms with van der Waals surface area (Å²) in [7, 11) is 1.71. The highest BCUT2D eigenvalue weighted by atomic mass is 16.5. The minimum Gasteiger partial charge on any atom is -0.385 e. The second-order valence-electron chi connectivity index (χ2n) is 5.37. The van der Waals surface area contributed by atoms with Gasteiger partial charge in [-0.1, -0.05) is 6.42 Å². The van der Waals surface area contributed by atoms with Gasteiger partial charge in [0.25, 0.3) is 0 Å². The molecule has 0 aromatic rings. The number of piperidine rings is 1. The second kappa shape index (κ2) is 5.83. The maximum atomic E-state index is 12.3. The van der Waals surface area contributed by atoms with Crippen LogP contribution in [0.4, 0.5) is 0 Å². The topological polar surface area (TPSA) is 50.4 Å². The Labute approximate surface area is 103 Å². The lowest BCUT2D eigenvalue weighted by molar-refractivity contribution is -0.138. The van der Waals surface area contributed by atoms with Crippen molar-refractivity contribution in [2.45, 2.75) is 44.6 Å². The minimum absolute atomic E-state index is 0.110. The van der Waals surface area contributed by atoms with Crippen molar-refractivity contribution in [3.8, 4) is 0 Å². The highest BCUT2D eigenvalue weighted by Crippen LogP contribution is 2.44. The molecule has 0 aromatic carbocycles. The maximum absolute atomic E-state index is 12.3. The molecule has 0 spiro atoms. The summed E-state index contributed by atoms with van der Waals surface area (Å²) in [5.41, 5.74) is -0.110. The van der Waals surface area contributed by atoms with Crippen LogP contribution in [0.3, 0.4) is 0 Å². The highest BCUT2D eigenvalue weighted by Gasteiger charge is 2.44. The number of ether oxygens (including phenoxy) is 1. The molecule has 1 saturated heterocycles. The fourth-order valence-corrected chi connectivity index (χ4v) is 2.80. The minimum atomic E-state index is -0.110. The first-order chi connectivity index (χ1) is 8.27. The van der Waals surface area contributed by atoms with E-state index < -0.39 is 0 Å². The van der Waals surface area contributed by atoms with Crippen LogP contribution in [-0.4, -0.2) is 38.8 Å². The molecular weight excluding hydrogens is 216 g/mol. The number of nitrogens with one attached hydrogen (secondary N) is 2.